The molecule has 0 fully saturated rings. The SMILES string of the molecule is COC(=O)C[C@H](NC(=O)Nc1ccc(C)nc1)C(=O)O. The Balaban J connectivity index is 2.60. The van der Waals surface area contributed by atoms with Gasteiger partial charge in [-0.05, 0) is 19.1 Å². The van der Waals surface area contributed by atoms with E-state index in [9.17, 15) is 14.4 Å². The molecule has 20 heavy (non-hydrogen) atoms. The number of carbonyl (C=O) groups is 3. The van der Waals surface area contributed by atoms with Crippen LogP contribution in [0.2, 0.25) is 0 Å². The zero-order valence-electron chi connectivity index (χ0n) is 11.0. The number of ether oxygens (including phenoxy) is 1. The molecule has 0 saturated heterocycles. The Morgan fingerprint density at radius 1 is 1.40 bits per heavy atom. The molecule has 0 bridgehead atoms. The van der Waals surface area contributed by atoms with Crippen molar-refractivity contribution in [1.29, 1.82) is 0 Å². The van der Waals surface area contributed by atoms with Crippen molar-refractivity contribution in [3.8, 4) is 0 Å². The molecule has 0 aliphatic carbocycles. The van der Waals surface area contributed by atoms with E-state index in [1.54, 1.807) is 19.1 Å². The number of aryl methyl sites for hydroxylation is 1. The fourth-order valence-corrected chi connectivity index (χ4v) is 1.32. The van der Waals surface area contributed by atoms with Crippen LogP contribution in [0.15, 0.2) is 18.3 Å². The predicted molar refractivity (Wildman–Crippen MR) is 69.2 cm³/mol. The van der Waals surface area contributed by atoms with E-state index in [1.807, 2.05) is 0 Å². The van der Waals surface area contributed by atoms with Gasteiger partial charge in [0.05, 0.1) is 25.4 Å². The number of urea groups is 1. The largest absolute Gasteiger partial charge is 0.480 e. The molecule has 1 aromatic rings. The number of aromatic nitrogens is 1. The highest BCUT2D eigenvalue weighted by Crippen LogP contribution is 2.05. The Bertz CT molecular complexity index is 500. The molecular weight excluding hydrogens is 266 g/mol. The van der Waals surface area contributed by atoms with Gasteiger partial charge in [0.1, 0.15) is 6.04 Å². The third kappa shape index (κ3) is 4.92. The summed E-state index contributed by atoms with van der Waals surface area (Å²) in [6.45, 7) is 1.79. The van der Waals surface area contributed by atoms with E-state index in [0.29, 0.717) is 5.69 Å². The fourth-order valence-electron chi connectivity index (χ4n) is 1.32. The second-order valence-corrected chi connectivity index (χ2v) is 3.96. The highest BCUT2D eigenvalue weighted by atomic mass is 16.5. The monoisotopic (exact) mass is 281 g/mol. The highest BCUT2D eigenvalue weighted by Gasteiger charge is 2.23. The third-order valence-electron chi connectivity index (χ3n) is 2.37. The van der Waals surface area contributed by atoms with Gasteiger partial charge in [-0.3, -0.25) is 9.78 Å². The number of hydrogen-bond acceptors (Lipinski definition) is 5. The minimum absolute atomic E-state index is 0.412. The fraction of sp³-hybridized carbons (Fsp3) is 0.333. The van der Waals surface area contributed by atoms with Crippen LogP contribution in [0.25, 0.3) is 0 Å². The van der Waals surface area contributed by atoms with E-state index in [1.165, 1.54) is 6.20 Å². The van der Waals surface area contributed by atoms with Crippen molar-refractivity contribution < 1.29 is 24.2 Å². The molecule has 0 aliphatic rings. The van der Waals surface area contributed by atoms with Gasteiger partial charge in [-0.25, -0.2) is 9.59 Å². The number of rotatable bonds is 5. The maximum atomic E-state index is 11.6. The molecule has 8 nitrogen and oxygen atoms in total. The number of methoxy groups -OCH3 is 1. The molecule has 1 heterocycles. The lowest BCUT2D eigenvalue weighted by Crippen LogP contribution is -2.44. The summed E-state index contributed by atoms with van der Waals surface area (Å²) >= 11 is 0. The van der Waals surface area contributed by atoms with Crippen LogP contribution in [0, 0.1) is 6.92 Å². The third-order valence-corrected chi connectivity index (χ3v) is 2.37. The summed E-state index contributed by atoms with van der Waals surface area (Å²) in [5.74, 6) is -2.05. The van der Waals surface area contributed by atoms with Crippen molar-refractivity contribution in [2.45, 2.75) is 19.4 Å². The van der Waals surface area contributed by atoms with Crippen LogP contribution in [0.5, 0.6) is 0 Å². The second kappa shape index (κ2) is 7.07. The van der Waals surface area contributed by atoms with Crippen molar-refractivity contribution in [3.05, 3.63) is 24.0 Å². The molecule has 1 aromatic heterocycles. The molecule has 0 aliphatic heterocycles. The summed E-state index contributed by atoms with van der Waals surface area (Å²) in [6, 6.07) is 1.21. The van der Waals surface area contributed by atoms with Gasteiger partial charge >= 0.3 is 18.0 Å². The number of esters is 1. The summed E-state index contributed by atoms with van der Waals surface area (Å²) in [5.41, 5.74) is 1.19. The topological polar surface area (TPSA) is 118 Å². The maximum Gasteiger partial charge on any atom is 0.326 e. The van der Waals surface area contributed by atoms with Gasteiger partial charge in [0.25, 0.3) is 0 Å². The van der Waals surface area contributed by atoms with E-state index in [4.69, 9.17) is 5.11 Å². The van der Waals surface area contributed by atoms with Crippen LogP contribution >= 0.6 is 0 Å². The molecule has 8 heteroatoms. The smallest absolute Gasteiger partial charge is 0.326 e. The van der Waals surface area contributed by atoms with E-state index in [2.05, 4.69) is 20.4 Å². The van der Waals surface area contributed by atoms with Crippen molar-refractivity contribution in [2.24, 2.45) is 0 Å². The van der Waals surface area contributed by atoms with Gasteiger partial charge in [0.2, 0.25) is 0 Å². The molecule has 0 spiro atoms. The van der Waals surface area contributed by atoms with Crippen LogP contribution < -0.4 is 10.6 Å². The van der Waals surface area contributed by atoms with Gasteiger partial charge in [-0.1, -0.05) is 0 Å². The number of amides is 2. The van der Waals surface area contributed by atoms with Crippen molar-refractivity contribution in [1.82, 2.24) is 10.3 Å². The first-order valence-electron chi connectivity index (χ1n) is 5.72. The number of aliphatic carboxylic acids is 1. The number of pyridine rings is 1. The number of anilines is 1. The van der Waals surface area contributed by atoms with Crippen LogP contribution in [0.3, 0.4) is 0 Å². The molecule has 0 radical (unpaired) electrons. The standard InChI is InChI=1S/C12H15N3O5/c1-7-3-4-8(6-13-7)14-12(19)15-9(11(17)18)5-10(16)20-2/h3-4,6,9H,5H2,1-2H3,(H,17,18)(H2,14,15,19)/t9-/m0/s1. The first-order valence-corrected chi connectivity index (χ1v) is 5.72. The molecule has 0 unspecified atom stereocenters. The van der Waals surface area contributed by atoms with Crippen LogP contribution in [0.1, 0.15) is 12.1 Å². The Kier molecular flexibility index (Phi) is 5.45. The lowest BCUT2D eigenvalue weighted by molar-refractivity contribution is -0.147. The molecular formula is C12H15N3O5. The van der Waals surface area contributed by atoms with Crippen LogP contribution in [0.4, 0.5) is 10.5 Å². The van der Waals surface area contributed by atoms with E-state index < -0.39 is 30.4 Å². The average Bonchev–Trinajstić information content (AvgIpc) is 2.40. The predicted octanol–water partition coefficient (Wildman–Crippen LogP) is 0.528. The van der Waals surface area contributed by atoms with Gasteiger partial charge in [0, 0.05) is 5.69 Å². The first kappa shape index (κ1) is 15.4. The molecule has 3 N–H and O–H groups in total. The van der Waals surface area contributed by atoms with E-state index in [-0.39, 0.29) is 0 Å². The lowest BCUT2D eigenvalue weighted by Gasteiger charge is -2.14. The summed E-state index contributed by atoms with van der Waals surface area (Å²) in [4.78, 5) is 37.5. The van der Waals surface area contributed by atoms with Crippen molar-refractivity contribution in [3.63, 3.8) is 0 Å². The number of carboxylic acid groups (broad SMARTS) is 1. The number of carboxylic acids is 1. The minimum Gasteiger partial charge on any atom is -0.480 e. The summed E-state index contributed by atoms with van der Waals surface area (Å²) in [6.07, 6.45) is 0.983. The number of nitrogens with one attached hydrogen (secondary N) is 2. The Morgan fingerprint density at radius 2 is 2.10 bits per heavy atom. The Morgan fingerprint density at radius 3 is 2.60 bits per heavy atom. The van der Waals surface area contributed by atoms with Crippen LogP contribution in [-0.4, -0.2) is 41.2 Å². The normalized spacial score (nSPS) is 11.3. The number of hydrogen-bond donors (Lipinski definition) is 3. The molecule has 0 saturated carbocycles. The average molecular weight is 281 g/mol. The van der Waals surface area contributed by atoms with Gasteiger partial charge in [0.15, 0.2) is 0 Å². The zero-order valence-corrected chi connectivity index (χ0v) is 11.0. The summed E-state index contributed by atoms with van der Waals surface area (Å²) < 4.78 is 4.36. The Labute approximate surface area is 115 Å². The van der Waals surface area contributed by atoms with Gasteiger partial charge < -0.3 is 20.5 Å². The molecule has 1 rings (SSSR count). The van der Waals surface area contributed by atoms with E-state index in [0.717, 1.165) is 12.8 Å². The first-order chi connectivity index (χ1) is 9.42. The second-order valence-electron chi connectivity index (χ2n) is 3.96. The van der Waals surface area contributed by atoms with Gasteiger partial charge in [-0.2, -0.15) is 0 Å². The van der Waals surface area contributed by atoms with Crippen LogP contribution in [-0.2, 0) is 14.3 Å². The van der Waals surface area contributed by atoms with Crippen molar-refractivity contribution in [2.75, 3.05) is 12.4 Å². The maximum absolute atomic E-state index is 11.6. The Hall–Kier alpha value is -2.64. The molecule has 2 amide bonds. The molecule has 108 valence electrons. The summed E-state index contributed by atoms with van der Waals surface area (Å²) in [7, 11) is 1.14. The van der Waals surface area contributed by atoms with Gasteiger partial charge in [-0.15, -0.1) is 0 Å². The highest BCUT2D eigenvalue weighted by molar-refractivity contribution is 5.93. The molecule has 0 aromatic carbocycles. The lowest BCUT2D eigenvalue weighted by atomic mass is 10.2. The number of carbonyl (C=O) groups excluding carboxylic acids is 2. The van der Waals surface area contributed by atoms with E-state index >= 15 is 0 Å². The summed E-state index contributed by atoms with van der Waals surface area (Å²) in [5, 5.41) is 13.5. The van der Waals surface area contributed by atoms with Crippen molar-refractivity contribution >= 4 is 23.7 Å². The number of nitrogens with zero attached hydrogens (tertiary/aromatic N) is 1. The zero-order chi connectivity index (χ0) is 15.1. The molecule has 1 atom stereocenters. The minimum atomic E-state index is -1.36. The quantitative estimate of drug-likeness (QED) is 0.677.